The second-order valence-electron chi connectivity index (χ2n) is 7.29. The highest BCUT2D eigenvalue weighted by Crippen LogP contribution is 2.35. The van der Waals surface area contributed by atoms with E-state index in [1.165, 1.54) is 16.4 Å². The van der Waals surface area contributed by atoms with E-state index in [1.54, 1.807) is 0 Å². The third kappa shape index (κ3) is 5.27. The monoisotopic (exact) mass is 433 g/mol. The van der Waals surface area contributed by atoms with Crippen LogP contribution < -0.4 is 10.6 Å². The first-order valence-electron chi connectivity index (χ1n) is 9.33. The number of para-hydroxylation sites is 1. The number of carbonyl (C=O) groups excluding carboxylic acids is 2. The predicted octanol–water partition coefficient (Wildman–Crippen LogP) is 1.96. The number of nitrogens with one attached hydrogen (secondary N) is 2. The highest BCUT2D eigenvalue weighted by Gasteiger charge is 2.41. The van der Waals surface area contributed by atoms with Gasteiger partial charge in [-0.25, -0.2) is 12.7 Å². The van der Waals surface area contributed by atoms with E-state index in [1.807, 2.05) is 5.32 Å². The quantitative estimate of drug-likeness (QED) is 0.694. The fourth-order valence-electron chi connectivity index (χ4n) is 3.28. The minimum Gasteiger partial charge on any atom is -0.348 e. The van der Waals surface area contributed by atoms with E-state index in [0.29, 0.717) is 38.8 Å². The minimum absolute atomic E-state index is 0.000126. The Bertz CT molecular complexity index is 877. The first-order chi connectivity index (χ1) is 13.6. The van der Waals surface area contributed by atoms with E-state index in [-0.39, 0.29) is 17.7 Å². The summed E-state index contributed by atoms with van der Waals surface area (Å²) in [7, 11) is -3.22. The molecule has 3 rings (SSSR count). The summed E-state index contributed by atoms with van der Waals surface area (Å²) in [5.74, 6) is -2.22. The zero-order valence-electron chi connectivity index (χ0n) is 15.5. The zero-order valence-corrected chi connectivity index (χ0v) is 16.4. The van der Waals surface area contributed by atoms with E-state index < -0.39 is 39.3 Å². The number of hydrogen-bond donors (Lipinski definition) is 2. The number of nitrogens with zero attached hydrogens (tertiary/aromatic N) is 1. The maximum Gasteiger partial charge on any atom is 0.418 e. The number of piperidine rings is 1. The van der Waals surface area contributed by atoms with Gasteiger partial charge in [-0.1, -0.05) is 12.1 Å². The van der Waals surface area contributed by atoms with Crippen LogP contribution in [0.3, 0.4) is 0 Å². The third-order valence-corrected chi connectivity index (χ3v) is 7.52. The Hall–Kier alpha value is -2.14. The molecule has 1 aromatic carbocycles. The summed E-state index contributed by atoms with van der Waals surface area (Å²) in [6.45, 7) is 0.888. The largest absolute Gasteiger partial charge is 0.418 e. The highest BCUT2D eigenvalue weighted by atomic mass is 32.2. The summed E-state index contributed by atoms with van der Waals surface area (Å²) in [6, 6.07) is 4.40. The summed E-state index contributed by atoms with van der Waals surface area (Å²) >= 11 is 0. The van der Waals surface area contributed by atoms with E-state index in [9.17, 15) is 31.2 Å². The fraction of sp³-hybridized carbons (Fsp3) is 0.556. The van der Waals surface area contributed by atoms with Crippen LogP contribution in [0.2, 0.25) is 0 Å². The topological polar surface area (TPSA) is 95.6 Å². The van der Waals surface area contributed by atoms with Crippen LogP contribution in [-0.4, -0.2) is 49.4 Å². The summed E-state index contributed by atoms with van der Waals surface area (Å²) in [4.78, 5) is 23.9. The number of rotatable bonds is 5. The molecule has 2 aliphatic rings. The Kier molecular flexibility index (Phi) is 6.18. The van der Waals surface area contributed by atoms with Crippen LogP contribution in [0.15, 0.2) is 24.3 Å². The number of benzene rings is 1. The van der Waals surface area contributed by atoms with Crippen molar-refractivity contribution in [1.29, 1.82) is 0 Å². The first kappa shape index (κ1) is 21.6. The Balaban J connectivity index is 1.47. The van der Waals surface area contributed by atoms with Crippen molar-refractivity contribution in [2.45, 2.75) is 37.1 Å². The van der Waals surface area contributed by atoms with Crippen molar-refractivity contribution in [1.82, 2.24) is 9.62 Å². The molecular formula is C18H22F3N3O4S. The van der Waals surface area contributed by atoms with Gasteiger partial charge < -0.3 is 10.6 Å². The van der Waals surface area contributed by atoms with Crippen molar-refractivity contribution in [3.8, 4) is 0 Å². The van der Waals surface area contributed by atoms with Gasteiger partial charge in [0.2, 0.25) is 10.0 Å². The van der Waals surface area contributed by atoms with Crippen LogP contribution in [0.1, 0.15) is 31.2 Å². The minimum atomic E-state index is -4.66. The van der Waals surface area contributed by atoms with Crippen molar-refractivity contribution >= 4 is 27.5 Å². The van der Waals surface area contributed by atoms with Gasteiger partial charge in [0.05, 0.1) is 16.5 Å². The highest BCUT2D eigenvalue weighted by molar-refractivity contribution is 7.90. The second-order valence-corrected chi connectivity index (χ2v) is 9.51. The number of hydrogen-bond acceptors (Lipinski definition) is 4. The van der Waals surface area contributed by atoms with Crippen molar-refractivity contribution in [3.05, 3.63) is 29.8 Å². The molecule has 0 radical (unpaired) electrons. The smallest absolute Gasteiger partial charge is 0.348 e. The molecule has 7 nitrogen and oxygen atoms in total. The molecule has 1 aromatic rings. The van der Waals surface area contributed by atoms with Crippen LogP contribution in [-0.2, 0) is 25.8 Å². The maximum absolute atomic E-state index is 13.0. The third-order valence-electron chi connectivity index (χ3n) is 5.12. The predicted molar refractivity (Wildman–Crippen MR) is 99.3 cm³/mol. The van der Waals surface area contributed by atoms with Crippen molar-refractivity contribution in [2.24, 2.45) is 5.92 Å². The molecule has 1 saturated heterocycles. The molecule has 160 valence electrons. The van der Waals surface area contributed by atoms with Gasteiger partial charge in [-0.2, -0.15) is 13.2 Å². The Morgan fingerprint density at radius 1 is 1.03 bits per heavy atom. The lowest BCUT2D eigenvalue weighted by molar-refractivity contribution is -0.138. The molecule has 11 heteroatoms. The van der Waals surface area contributed by atoms with Gasteiger partial charge in [0, 0.05) is 19.6 Å². The number of amides is 2. The van der Waals surface area contributed by atoms with E-state index in [0.717, 1.165) is 12.1 Å². The molecule has 2 fully saturated rings. The molecular weight excluding hydrogens is 411 g/mol. The lowest BCUT2D eigenvalue weighted by atomic mass is 9.98. The number of halogens is 3. The number of anilines is 1. The lowest BCUT2D eigenvalue weighted by Crippen LogP contribution is -2.44. The standard InChI is InChI=1S/C18H22F3N3O4S/c19-18(20,21)14-3-1-2-4-15(14)23-17(26)16(25)22-11-12-7-9-24(10-8-12)29(27,28)13-5-6-13/h1-4,12-13H,5-11H2,(H,22,25)(H,23,26). The van der Waals surface area contributed by atoms with E-state index >= 15 is 0 Å². The van der Waals surface area contributed by atoms with Gasteiger partial charge in [-0.05, 0) is 43.7 Å². The van der Waals surface area contributed by atoms with Crippen LogP contribution >= 0.6 is 0 Å². The Morgan fingerprint density at radius 3 is 2.24 bits per heavy atom. The summed E-state index contributed by atoms with van der Waals surface area (Å²) in [5.41, 5.74) is -1.52. The summed E-state index contributed by atoms with van der Waals surface area (Å²) in [6.07, 6.45) is -2.17. The molecule has 0 bridgehead atoms. The SMILES string of the molecule is O=C(NCC1CCN(S(=O)(=O)C2CC2)CC1)C(=O)Nc1ccccc1C(F)(F)F. The van der Waals surface area contributed by atoms with Gasteiger partial charge in [0.15, 0.2) is 0 Å². The van der Waals surface area contributed by atoms with Crippen molar-refractivity contribution < 1.29 is 31.2 Å². The molecule has 0 atom stereocenters. The molecule has 0 unspecified atom stereocenters. The molecule has 29 heavy (non-hydrogen) atoms. The molecule has 0 spiro atoms. The Labute approximate surface area is 166 Å². The lowest BCUT2D eigenvalue weighted by Gasteiger charge is -2.31. The van der Waals surface area contributed by atoms with Gasteiger partial charge >= 0.3 is 18.0 Å². The Morgan fingerprint density at radius 2 is 1.66 bits per heavy atom. The molecule has 1 aliphatic carbocycles. The maximum atomic E-state index is 13.0. The van der Waals surface area contributed by atoms with E-state index in [2.05, 4.69) is 5.32 Å². The number of alkyl halides is 3. The van der Waals surface area contributed by atoms with Gasteiger partial charge in [0.1, 0.15) is 0 Å². The van der Waals surface area contributed by atoms with E-state index in [4.69, 9.17) is 0 Å². The second kappa shape index (κ2) is 8.31. The molecule has 1 heterocycles. The van der Waals surface area contributed by atoms with Gasteiger partial charge in [-0.3, -0.25) is 9.59 Å². The fourth-order valence-corrected chi connectivity index (χ4v) is 5.15. The first-order valence-corrected chi connectivity index (χ1v) is 10.8. The average molecular weight is 433 g/mol. The van der Waals surface area contributed by atoms with Gasteiger partial charge in [-0.15, -0.1) is 0 Å². The van der Waals surface area contributed by atoms with Crippen LogP contribution in [0.25, 0.3) is 0 Å². The van der Waals surface area contributed by atoms with Crippen LogP contribution in [0.5, 0.6) is 0 Å². The molecule has 1 saturated carbocycles. The van der Waals surface area contributed by atoms with Gasteiger partial charge in [0.25, 0.3) is 0 Å². The number of carbonyl (C=O) groups is 2. The van der Waals surface area contributed by atoms with Crippen LogP contribution in [0.4, 0.5) is 18.9 Å². The van der Waals surface area contributed by atoms with Crippen molar-refractivity contribution in [2.75, 3.05) is 25.0 Å². The normalized spacial score (nSPS) is 19.0. The summed E-state index contributed by atoms with van der Waals surface area (Å²) < 4.78 is 64.8. The average Bonchev–Trinajstić information content (AvgIpc) is 3.52. The molecule has 2 N–H and O–H groups in total. The number of sulfonamides is 1. The molecule has 0 aromatic heterocycles. The summed E-state index contributed by atoms with van der Waals surface area (Å²) in [5, 5.41) is 4.15. The van der Waals surface area contributed by atoms with Crippen LogP contribution in [0, 0.1) is 5.92 Å². The molecule has 2 amide bonds. The van der Waals surface area contributed by atoms with Crippen molar-refractivity contribution in [3.63, 3.8) is 0 Å². The zero-order chi connectivity index (χ0) is 21.2. The molecule has 1 aliphatic heterocycles.